The Labute approximate surface area is 94.9 Å². The third-order valence-corrected chi connectivity index (χ3v) is 1.10. The van der Waals surface area contributed by atoms with Gasteiger partial charge in [0.15, 0.2) is 0 Å². The van der Waals surface area contributed by atoms with E-state index in [9.17, 15) is 14.4 Å². The molecular formula is C10H20O6. The molecule has 3 N–H and O–H groups in total. The smallest absolute Gasteiger partial charge is 0.305 e. The molecule has 6 nitrogen and oxygen atoms in total. The van der Waals surface area contributed by atoms with Crippen LogP contribution in [-0.2, 0) is 14.4 Å². The third-order valence-electron chi connectivity index (χ3n) is 1.10. The molecule has 0 heterocycles. The first-order chi connectivity index (χ1) is 7.18. The van der Waals surface area contributed by atoms with Crippen molar-refractivity contribution in [1.29, 1.82) is 0 Å². The molecule has 0 aliphatic carbocycles. The van der Waals surface area contributed by atoms with Gasteiger partial charge in [-0.25, -0.2) is 0 Å². The van der Waals surface area contributed by atoms with Gasteiger partial charge in [0, 0.05) is 12.8 Å². The van der Waals surface area contributed by atoms with Crippen LogP contribution in [0.4, 0.5) is 0 Å². The zero-order valence-electron chi connectivity index (χ0n) is 10.1. The molecule has 0 aromatic heterocycles. The van der Waals surface area contributed by atoms with Crippen LogP contribution in [0, 0.1) is 5.92 Å². The van der Waals surface area contributed by atoms with Crippen molar-refractivity contribution in [1.82, 2.24) is 0 Å². The van der Waals surface area contributed by atoms with Gasteiger partial charge in [0.25, 0.3) is 0 Å². The highest BCUT2D eigenvalue weighted by Crippen LogP contribution is 1.87. The molecule has 0 spiro atoms. The highest BCUT2D eigenvalue weighted by atomic mass is 16.4. The summed E-state index contributed by atoms with van der Waals surface area (Å²) in [5.41, 5.74) is 0. The fourth-order valence-corrected chi connectivity index (χ4v) is 0. The van der Waals surface area contributed by atoms with Gasteiger partial charge in [0.2, 0.25) is 0 Å². The molecule has 0 amide bonds. The third kappa shape index (κ3) is 39.3. The molecule has 0 saturated heterocycles. The van der Waals surface area contributed by atoms with E-state index in [2.05, 4.69) is 0 Å². The van der Waals surface area contributed by atoms with E-state index in [1.165, 1.54) is 0 Å². The number of aliphatic carboxylic acids is 3. The molecular weight excluding hydrogens is 216 g/mol. The summed E-state index contributed by atoms with van der Waals surface area (Å²) < 4.78 is 0. The Kier molecular flexibility index (Phi) is 16.7. The first-order valence-corrected chi connectivity index (χ1v) is 4.85. The van der Waals surface area contributed by atoms with Crippen molar-refractivity contribution in [3.63, 3.8) is 0 Å². The molecule has 0 radical (unpaired) electrons. The van der Waals surface area contributed by atoms with Gasteiger partial charge in [-0.3, -0.25) is 14.4 Å². The predicted molar refractivity (Wildman–Crippen MR) is 58.3 cm³/mol. The zero-order chi connectivity index (χ0) is 13.7. The van der Waals surface area contributed by atoms with E-state index in [0.29, 0.717) is 0 Å². The maximum Gasteiger partial charge on any atom is 0.305 e. The first-order valence-electron chi connectivity index (χ1n) is 4.85. The van der Waals surface area contributed by atoms with Gasteiger partial charge in [-0.1, -0.05) is 27.7 Å². The van der Waals surface area contributed by atoms with Crippen LogP contribution in [0.1, 0.15) is 40.5 Å². The Morgan fingerprint density at radius 1 is 0.875 bits per heavy atom. The summed E-state index contributed by atoms with van der Waals surface area (Å²) >= 11 is 0. The van der Waals surface area contributed by atoms with Crippen molar-refractivity contribution < 1.29 is 29.7 Å². The van der Waals surface area contributed by atoms with Crippen molar-refractivity contribution in [2.24, 2.45) is 5.92 Å². The Morgan fingerprint density at radius 3 is 1.00 bits per heavy atom. The van der Waals surface area contributed by atoms with E-state index in [-0.39, 0.29) is 18.8 Å². The molecule has 16 heavy (non-hydrogen) atoms. The molecule has 96 valence electrons. The number of rotatable bonds is 3. The number of carboxylic acids is 3. The summed E-state index contributed by atoms with van der Waals surface area (Å²) in [5, 5.41) is 23.4. The maximum atomic E-state index is 9.70. The van der Waals surface area contributed by atoms with E-state index < -0.39 is 17.9 Å². The minimum atomic E-state index is -0.745. The zero-order valence-corrected chi connectivity index (χ0v) is 10.1. The summed E-state index contributed by atoms with van der Waals surface area (Å²) in [4.78, 5) is 28.4. The predicted octanol–water partition coefficient (Wildman–Crippen LogP) is 1.69. The Hall–Kier alpha value is -1.59. The van der Waals surface area contributed by atoms with Gasteiger partial charge in [0.05, 0.1) is 5.92 Å². The maximum absolute atomic E-state index is 9.70. The molecule has 0 bridgehead atoms. The van der Waals surface area contributed by atoms with Crippen molar-refractivity contribution in [3.8, 4) is 0 Å². The van der Waals surface area contributed by atoms with Gasteiger partial charge in [0.1, 0.15) is 0 Å². The van der Waals surface area contributed by atoms with Crippen LogP contribution in [0.2, 0.25) is 0 Å². The lowest BCUT2D eigenvalue weighted by Crippen LogP contribution is -2.03. The normalized spacial score (nSPS) is 8.06. The van der Waals surface area contributed by atoms with E-state index in [1.54, 1.807) is 27.7 Å². The fraction of sp³-hybridized carbons (Fsp3) is 0.700. The van der Waals surface area contributed by atoms with E-state index in [0.717, 1.165) is 0 Å². The van der Waals surface area contributed by atoms with Gasteiger partial charge in [-0.15, -0.1) is 0 Å². The van der Waals surface area contributed by atoms with Crippen LogP contribution >= 0.6 is 0 Å². The SMILES string of the molecule is CC(C)C(=O)O.CCC(=O)O.CCC(=O)O. The molecule has 0 fully saturated rings. The van der Waals surface area contributed by atoms with Gasteiger partial charge < -0.3 is 15.3 Å². The van der Waals surface area contributed by atoms with Crippen molar-refractivity contribution in [3.05, 3.63) is 0 Å². The van der Waals surface area contributed by atoms with Crippen molar-refractivity contribution in [2.45, 2.75) is 40.5 Å². The molecule has 6 heteroatoms. The van der Waals surface area contributed by atoms with Crippen LogP contribution in [0.15, 0.2) is 0 Å². The highest BCUT2D eigenvalue weighted by molar-refractivity contribution is 5.68. The molecule has 0 aromatic carbocycles. The van der Waals surface area contributed by atoms with Crippen molar-refractivity contribution >= 4 is 17.9 Å². The molecule has 0 aliphatic heterocycles. The lowest BCUT2D eigenvalue weighted by Gasteiger charge is -1.89. The minimum absolute atomic E-state index is 0.222. The molecule has 0 unspecified atom stereocenters. The molecule has 0 aliphatic rings. The number of hydrogen-bond acceptors (Lipinski definition) is 3. The lowest BCUT2D eigenvalue weighted by atomic mass is 10.2. The Bertz CT molecular complexity index is 195. The van der Waals surface area contributed by atoms with Crippen molar-refractivity contribution in [2.75, 3.05) is 0 Å². The van der Waals surface area contributed by atoms with Crippen LogP contribution in [0.5, 0.6) is 0 Å². The first kappa shape index (κ1) is 19.9. The van der Waals surface area contributed by atoms with Crippen LogP contribution < -0.4 is 0 Å². The van der Waals surface area contributed by atoms with E-state index >= 15 is 0 Å². The summed E-state index contributed by atoms with van der Waals surface area (Å²) in [6, 6.07) is 0. The second-order valence-corrected chi connectivity index (χ2v) is 2.99. The number of hydrogen-bond donors (Lipinski definition) is 3. The lowest BCUT2D eigenvalue weighted by molar-refractivity contribution is -0.140. The Morgan fingerprint density at radius 2 is 1.00 bits per heavy atom. The summed E-state index contributed by atoms with van der Waals surface area (Å²) in [7, 11) is 0. The van der Waals surface area contributed by atoms with E-state index in [1.807, 2.05) is 0 Å². The van der Waals surface area contributed by atoms with Gasteiger partial charge in [-0.05, 0) is 0 Å². The Balaban J connectivity index is -0.000000160. The summed E-state index contributed by atoms with van der Waals surface area (Å²) in [6.07, 6.45) is 0.444. The molecule has 0 atom stereocenters. The summed E-state index contributed by atoms with van der Waals surface area (Å²) in [6.45, 7) is 6.48. The van der Waals surface area contributed by atoms with Crippen LogP contribution in [0.25, 0.3) is 0 Å². The quantitative estimate of drug-likeness (QED) is 0.687. The second-order valence-electron chi connectivity index (χ2n) is 2.99. The largest absolute Gasteiger partial charge is 0.481 e. The fourth-order valence-electron chi connectivity index (χ4n) is 0. The number of carbonyl (C=O) groups is 3. The van der Waals surface area contributed by atoms with Crippen LogP contribution in [0.3, 0.4) is 0 Å². The average molecular weight is 236 g/mol. The monoisotopic (exact) mass is 236 g/mol. The molecule has 0 saturated carbocycles. The topological polar surface area (TPSA) is 112 Å². The van der Waals surface area contributed by atoms with Gasteiger partial charge >= 0.3 is 17.9 Å². The molecule has 0 aromatic rings. The van der Waals surface area contributed by atoms with Crippen LogP contribution in [-0.4, -0.2) is 33.2 Å². The molecule has 0 rings (SSSR count). The standard InChI is InChI=1S/C4H8O2.2C3H6O2/c1-3(2)4(5)6;2*1-2-3(4)5/h3H,1-2H3,(H,5,6);2*2H2,1H3,(H,4,5). The average Bonchev–Trinajstić information content (AvgIpc) is 2.19. The second kappa shape index (κ2) is 13.4. The van der Waals surface area contributed by atoms with E-state index in [4.69, 9.17) is 15.3 Å². The highest BCUT2D eigenvalue weighted by Gasteiger charge is 1.99. The minimum Gasteiger partial charge on any atom is -0.481 e. The summed E-state index contributed by atoms with van der Waals surface area (Å²) in [5.74, 6) is -2.46. The number of carboxylic acid groups (broad SMARTS) is 3. The van der Waals surface area contributed by atoms with Gasteiger partial charge in [-0.2, -0.15) is 0 Å².